The third-order valence-electron chi connectivity index (χ3n) is 3.38. The topological polar surface area (TPSA) is 51.2 Å². The van der Waals surface area contributed by atoms with Gasteiger partial charge in [-0.05, 0) is 36.1 Å². The predicted octanol–water partition coefficient (Wildman–Crippen LogP) is 4.12. The Morgan fingerprint density at radius 3 is 2.70 bits per heavy atom. The van der Waals surface area contributed by atoms with Gasteiger partial charge in [-0.25, -0.2) is 4.98 Å². The third-order valence-corrected chi connectivity index (χ3v) is 5.27. The van der Waals surface area contributed by atoms with Crippen LogP contribution >= 0.6 is 22.7 Å². The van der Waals surface area contributed by atoms with E-state index in [1.807, 2.05) is 48.0 Å². The van der Waals surface area contributed by atoms with Gasteiger partial charge in [-0.15, -0.1) is 11.3 Å². The Morgan fingerprint density at radius 1 is 1.26 bits per heavy atom. The van der Waals surface area contributed by atoms with Crippen molar-refractivity contribution in [3.63, 3.8) is 0 Å². The predicted molar refractivity (Wildman–Crippen MR) is 94.3 cm³/mol. The molecule has 118 valence electrons. The summed E-state index contributed by atoms with van der Waals surface area (Å²) in [5.41, 5.74) is 2.86. The molecule has 0 radical (unpaired) electrons. The van der Waals surface area contributed by atoms with E-state index in [4.69, 9.17) is 4.74 Å². The van der Waals surface area contributed by atoms with E-state index in [0.717, 1.165) is 27.6 Å². The fraction of sp³-hybridized carbons (Fsp3) is 0.176. The Labute approximate surface area is 142 Å². The Kier molecular flexibility index (Phi) is 4.73. The van der Waals surface area contributed by atoms with Crippen molar-refractivity contribution in [3.05, 3.63) is 57.2 Å². The molecule has 0 aliphatic heterocycles. The molecule has 23 heavy (non-hydrogen) atoms. The molecular formula is C17H16N2O2S2. The molecule has 1 amide bonds. The number of amides is 1. The second-order valence-corrected chi connectivity index (χ2v) is 6.76. The van der Waals surface area contributed by atoms with Gasteiger partial charge in [-0.1, -0.05) is 12.1 Å². The van der Waals surface area contributed by atoms with Crippen LogP contribution in [-0.4, -0.2) is 18.0 Å². The molecule has 0 aliphatic carbocycles. The van der Waals surface area contributed by atoms with Crippen molar-refractivity contribution in [1.29, 1.82) is 0 Å². The van der Waals surface area contributed by atoms with E-state index in [1.54, 1.807) is 18.4 Å². The number of thiophene rings is 1. The maximum Gasteiger partial charge on any atom is 0.263 e. The van der Waals surface area contributed by atoms with E-state index < -0.39 is 0 Å². The van der Waals surface area contributed by atoms with Crippen LogP contribution < -0.4 is 10.1 Å². The number of benzene rings is 1. The van der Waals surface area contributed by atoms with Gasteiger partial charge >= 0.3 is 0 Å². The molecular weight excluding hydrogens is 328 g/mol. The van der Waals surface area contributed by atoms with Crippen LogP contribution in [-0.2, 0) is 6.54 Å². The fourth-order valence-electron chi connectivity index (χ4n) is 2.12. The lowest BCUT2D eigenvalue weighted by Crippen LogP contribution is -2.22. The summed E-state index contributed by atoms with van der Waals surface area (Å²) in [7, 11) is 1.63. The van der Waals surface area contributed by atoms with Crippen LogP contribution in [0.4, 0.5) is 0 Å². The molecule has 2 heterocycles. The molecule has 4 nitrogen and oxygen atoms in total. The van der Waals surface area contributed by atoms with Crippen molar-refractivity contribution < 1.29 is 9.53 Å². The zero-order chi connectivity index (χ0) is 16.2. The highest BCUT2D eigenvalue weighted by Gasteiger charge is 2.16. The average Bonchev–Trinajstić information content (AvgIpc) is 3.22. The largest absolute Gasteiger partial charge is 0.497 e. The van der Waals surface area contributed by atoms with E-state index in [2.05, 4.69) is 10.3 Å². The number of carbonyl (C=O) groups excluding carboxylic acids is 1. The Balaban J connectivity index is 1.68. The van der Waals surface area contributed by atoms with Gasteiger partial charge in [0.25, 0.3) is 5.91 Å². The van der Waals surface area contributed by atoms with E-state index in [1.165, 1.54) is 11.3 Å². The summed E-state index contributed by atoms with van der Waals surface area (Å²) in [4.78, 5) is 17.5. The minimum atomic E-state index is -0.0858. The van der Waals surface area contributed by atoms with Gasteiger partial charge in [-0.2, -0.15) is 11.3 Å². The van der Waals surface area contributed by atoms with Crippen LogP contribution in [0.1, 0.15) is 20.9 Å². The summed E-state index contributed by atoms with van der Waals surface area (Å²) >= 11 is 3.05. The van der Waals surface area contributed by atoms with Gasteiger partial charge < -0.3 is 10.1 Å². The zero-order valence-corrected chi connectivity index (χ0v) is 14.5. The van der Waals surface area contributed by atoms with Crippen LogP contribution in [0.3, 0.4) is 0 Å². The molecule has 3 aromatic rings. The Bertz CT molecular complexity index is 793. The van der Waals surface area contributed by atoms with E-state index in [-0.39, 0.29) is 5.91 Å². The zero-order valence-electron chi connectivity index (χ0n) is 12.8. The van der Waals surface area contributed by atoms with Crippen molar-refractivity contribution in [1.82, 2.24) is 10.3 Å². The van der Waals surface area contributed by atoms with Crippen molar-refractivity contribution in [3.8, 4) is 16.3 Å². The lowest BCUT2D eigenvalue weighted by atomic mass is 10.2. The molecule has 0 saturated heterocycles. The minimum absolute atomic E-state index is 0.0858. The van der Waals surface area contributed by atoms with Crippen LogP contribution in [0.5, 0.6) is 5.75 Å². The molecule has 0 atom stereocenters. The lowest BCUT2D eigenvalue weighted by Gasteiger charge is -2.05. The number of hydrogen-bond donors (Lipinski definition) is 1. The maximum atomic E-state index is 12.4. The molecule has 0 fully saturated rings. The number of methoxy groups -OCH3 is 1. The van der Waals surface area contributed by atoms with Gasteiger partial charge in [0.15, 0.2) is 0 Å². The fourth-order valence-corrected chi connectivity index (χ4v) is 3.82. The van der Waals surface area contributed by atoms with Crippen molar-refractivity contribution >= 4 is 28.6 Å². The molecule has 0 aliphatic rings. The number of thiazole rings is 1. The maximum absolute atomic E-state index is 12.4. The monoisotopic (exact) mass is 344 g/mol. The Hall–Kier alpha value is -2.18. The second-order valence-electron chi connectivity index (χ2n) is 4.98. The van der Waals surface area contributed by atoms with Gasteiger partial charge in [0.1, 0.15) is 15.6 Å². The van der Waals surface area contributed by atoms with Crippen LogP contribution in [0, 0.1) is 6.92 Å². The molecule has 0 unspecified atom stereocenters. The smallest absolute Gasteiger partial charge is 0.263 e. The lowest BCUT2D eigenvalue weighted by molar-refractivity contribution is 0.0954. The highest BCUT2D eigenvalue weighted by Crippen LogP contribution is 2.29. The number of ether oxygens (including phenoxy) is 1. The quantitative estimate of drug-likeness (QED) is 0.757. The molecule has 1 N–H and O–H groups in total. The highest BCUT2D eigenvalue weighted by atomic mass is 32.1. The van der Waals surface area contributed by atoms with E-state index in [0.29, 0.717) is 11.4 Å². The second kappa shape index (κ2) is 6.93. The van der Waals surface area contributed by atoms with Crippen molar-refractivity contribution in [2.24, 2.45) is 0 Å². The van der Waals surface area contributed by atoms with Gasteiger partial charge in [0.2, 0.25) is 0 Å². The minimum Gasteiger partial charge on any atom is -0.497 e. The van der Waals surface area contributed by atoms with E-state index >= 15 is 0 Å². The summed E-state index contributed by atoms with van der Waals surface area (Å²) < 4.78 is 5.12. The van der Waals surface area contributed by atoms with Crippen molar-refractivity contribution in [2.45, 2.75) is 13.5 Å². The van der Waals surface area contributed by atoms with Crippen LogP contribution in [0.15, 0.2) is 41.1 Å². The first-order valence-corrected chi connectivity index (χ1v) is 8.84. The summed E-state index contributed by atoms with van der Waals surface area (Å²) in [6.07, 6.45) is 0. The summed E-state index contributed by atoms with van der Waals surface area (Å²) in [5, 5.41) is 7.88. The van der Waals surface area contributed by atoms with Crippen LogP contribution in [0.2, 0.25) is 0 Å². The normalized spacial score (nSPS) is 10.5. The van der Waals surface area contributed by atoms with E-state index in [9.17, 15) is 4.79 Å². The standard InChI is InChI=1S/C17H16N2O2S2/c1-11-15(23-17(19-11)13-7-8-22-10-13)16(20)18-9-12-3-5-14(21-2)6-4-12/h3-8,10H,9H2,1-2H3,(H,18,20). The van der Waals surface area contributed by atoms with Crippen molar-refractivity contribution in [2.75, 3.05) is 7.11 Å². The third kappa shape index (κ3) is 3.60. The number of nitrogens with zero attached hydrogens (tertiary/aromatic N) is 1. The molecule has 0 saturated carbocycles. The molecule has 2 aromatic heterocycles. The summed E-state index contributed by atoms with van der Waals surface area (Å²) in [5.74, 6) is 0.719. The first kappa shape index (κ1) is 15.7. The first-order chi connectivity index (χ1) is 11.2. The molecule has 1 aromatic carbocycles. The van der Waals surface area contributed by atoms with Gasteiger partial charge in [0, 0.05) is 17.5 Å². The summed E-state index contributed by atoms with van der Waals surface area (Å²) in [6.45, 7) is 2.35. The van der Waals surface area contributed by atoms with Crippen LogP contribution in [0.25, 0.3) is 10.6 Å². The number of rotatable bonds is 5. The Morgan fingerprint density at radius 2 is 2.04 bits per heavy atom. The number of hydrogen-bond acceptors (Lipinski definition) is 5. The molecule has 0 spiro atoms. The molecule has 6 heteroatoms. The molecule has 0 bridgehead atoms. The summed E-state index contributed by atoms with van der Waals surface area (Å²) in [6, 6.07) is 9.66. The van der Waals surface area contributed by atoms with Gasteiger partial charge in [-0.3, -0.25) is 4.79 Å². The first-order valence-electron chi connectivity index (χ1n) is 7.08. The number of nitrogens with one attached hydrogen (secondary N) is 1. The number of aryl methyl sites for hydroxylation is 1. The molecule has 3 rings (SSSR count). The SMILES string of the molecule is COc1ccc(CNC(=O)c2sc(-c3ccsc3)nc2C)cc1. The highest BCUT2D eigenvalue weighted by molar-refractivity contribution is 7.17. The number of carbonyl (C=O) groups is 1. The van der Waals surface area contributed by atoms with Gasteiger partial charge in [0.05, 0.1) is 12.8 Å². The number of aromatic nitrogens is 1. The average molecular weight is 344 g/mol.